The Morgan fingerprint density at radius 3 is 2.95 bits per heavy atom. The van der Waals surface area contributed by atoms with Crippen LogP contribution in [0.3, 0.4) is 0 Å². The zero-order valence-electron chi connectivity index (χ0n) is 11.7. The van der Waals surface area contributed by atoms with Gasteiger partial charge in [0, 0.05) is 48.5 Å². The summed E-state index contributed by atoms with van der Waals surface area (Å²) in [6.07, 6.45) is 6.00. The van der Waals surface area contributed by atoms with Gasteiger partial charge < -0.3 is 5.32 Å². The van der Waals surface area contributed by atoms with Gasteiger partial charge in [-0.3, -0.25) is 14.8 Å². The Labute approximate surface area is 122 Å². The third kappa shape index (κ3) is 4.38. The Morgan fingerprint density at radius 1 is 1.45 bits per heavy atom. The van der Waals surface area contributed by atoms with Crippen LogP contribution >= 0.6 is 11.3 Å². The highest BCUT2D eigenvalue weighted by Gasteiger charge is 2.11. The number of hydrogen-bond acceptors (Lipinski definition) is 5. The van der Waals surface area contributed by atoms with Gasteiger partial charge in [0.1, 0.15) is 0 Å². The van der Waals surface area contributed by atoms with Crippen molar-refractivity contribution in [2.24, 2.45) is 0 Å². The fourth-order valence-electron chi connectivity index (χ4n) is 1.74. The Morgan fingerprint density at radius 2 is 2.30 bits per heavy atom. The number of thiazole rings is 1. The van der Waals surface area contributed by atoms with Crippen molar-refractivity contribution < 1.29 is 4.79 Å². The van der Waals surface area contributed by atoms with Crippen LogP contribution in [-0.2, 0) is 11.2 Å². The van der Waals surface area contributed by atoms with E-state index in [1.54, 1.807) is 29.9 Å². The highest BCUT2D eigenvalue weighted by Crippen LogP contribution is 2.18. The Bertz CT molecular complexity index is 555. The number of carbonyl (C=O) groups excluding carboxylic acids is 1. The molecule has 6 heteroatoms. The van der Waals surface area contributed by atoms with Crippen LogP contribution in [-0.4, -0.2) is 27.4 Å². The first-order valence-electron chi connectivity index (χ1n) is 6.58. The molecule has 2 aromatic heterocycles. The Hall–Kier alpha value is -1.82. The van der Waals surface area contributed by atoms with Crippen LogP contribution in [0, 0.1) is 6.92 Å². The van der Waals surface area contributed by atoms with Crippen LogP contribution in [0.5, 0.6) is 0 Å². The topological polar surface area (TPSA) is 67.8 Å². The van der Waals surface area contributed by atoms with Gasteiger partial charge in [0.2, 0.25) is 5.91 Å². The number of aromatic nitrogens is 3. The second kappa shape index (κ2) is 7.09. The lowest BCUT2D eigenvalue weighted by atomic mass is 10.2. The molecular formula is C14H18N4OS. The van der Waals surface area contributed by atoms with Crippen LogP contribution in [0.2, 0.25) is 0 Å². The minimum atomic E-state index is 0.0378. The molecule has 0 spiro atoms. The summed E-state index contributed by atoms with van der Waals surface area (Å²) < 4.78 is 0. The first-order valence-corrected chi connectivity index (χ1v) is 7.46. The molecule has 0 aliphatic rings. The van der Waals surface area contributed by atoms with Gasteiger partial charge in [-0.25, -0.2) is 4.98 Å². The van der Waals surface area contributed by atoms with Crippen molar-refractivity contribution in [3.8, 4) is 0 Å². The Kier molecular flexibility index (Phi) is 5.17. The zero-order valence-corrected chi connectivity index (χ0v) is 12.5. The van der Waals surface area contributed by atoms with Gasteiger partial charge in [-0.2, -0.15) is 0 Å². The predicted octanol–water partition coefficient (Wildman–Crippen LogP) is 2.09. The minimum Gasteiger partial charge on any atom is -0.355 e. The average Bonchev–Trinajstić information content (AvgIpc) is 2.90. The zero-order chi connectivity index (χ0) is 14.4. The molecule has 2 heterocycles. The van der Waals surface area contributed by atoms with Crippen LogP contribution in [0.1, 0.15) is 35.7 Å². The van der Waals surface area contributed by atoms with E-state index < -0.39 is 0 Å². The lowest BCUT2D eigenvalue weighted by Crippen LogP contribution is -2.27. The molecule has 0 radical (unpaired) electrons. The molecule has 5 nitrogen and oxygen atoms in total. The molecule has 1 amide bonds. The predicted molar refractivity (Wildman–Crippen MR) is 78.6 cm³/mol. The number of rotatable bonds is 6. The van der Waals surface area contributed by atoms with Crippen molar-refractivity contribution in [1.82, 2.24) is 20.3 Å². The van der Waals surface area contributed by atoms with Gasteiger partial charge in [-0.15, -0.1) is 11.3 Å². The first kappa shape index (κ1) is 14.6. The molecule has 106 valence electrons. The second-order valence-corrected chi connectivity index (χ2v) is 5.62. The molecule has 20 heavy (non-hydrogen) atoms. The molecule has 0 fully saturated rings. The van der Waals surface area contributed by atoms with Crippen LogP contribution in [0.15, 0.2) is 24.0 Å². The number of hydrogen-bond donors (Lipinski definition) is 1. The molecule has 0 aliphatic carbocycles. The van der Waals surface area contributed by atoms with Crippen molar-refractivity contribution in [2.75, 3.05) is 6.54 Å². The lowest BCUT2D eigenvalue weighted by molar-refractivity contribution is -0.121. The fraction of sp³-hybridized carbons (Fsp3) is 0.429. The van der Waals surface area contributed by atoms with Crippen molar-refractivity contribution in [3.05, 3.63) is 40.4 Å². The summed E-state index contributed by atoms with van der Waals surface area (Å²) in [5.41, 5.74) is 1.87. The second-order valence-electron chi connectivity index (χ2n) is 4.73. The summed E-state index contributed by atoms with van der Waals surface area (Å²) in [5.74, 6) is 0.282. The molecule has 1 atom stereocenters. The fourth-order valence-corrected chi connectivity index (χ4v) is 2.60. The third-order valence-electron chi connectivity index (χ3n) is 2.89. The van der Waals surface area contributed by atoms with Crippen molar-refractivity contribution in [2.45, 2.75) is 32.6 Å². The van der Waals surface area contributed by atoms with E-state index in [1.807, 2.05) is 12.3 Å². The number of nitrogens with zero attached hydrogens (tertiary/aromatic N) is 3. The van der Waals surface area contributed by atoms with E-state index in [2.05, 4.69) is 27.2 Å². The number of aryl methyl sites for hydroxylation is 2. The van der Waals surface area contributed by atoms with Crippen LogP contribution in [0.25, 0.3) is 0 Å². The van der Waals surface area contributed by atoms with Gasteiger partial charge in [-0.05, 0) is 13.3 Å². The maximum Gasteiger partial charge on any atom is 0.220 e. The molecule has 0 saturated heterocycles. The largest absolute Gasteiger partial charge is 0.355 e. The molecule has 1 unspecified atom stereocenters. The van der Waals surface area contributed by atoms with Crippen molar-refractivity contribution in [3.63, 3.8) is 0 Å². The van der Waals surface area contributed by atoms with Crippen LogP contribution in [0.4, 0.5) is 0 Å². The molecule has 0 aliphatic heterocycles. The quantitative estimate of drug-likeness (QED) is 0.884. The standard InChI is InChI=1S/C14H18N4OS/c1-10(14-18-11(2)9-20-14)7-17-13(19)4-3-12-8-15-5-6-16-12/h5-6,8-10H,3-4,7H2,1-2H3,(H,17,19). The first-order chi connectivity index (χ1) is 9.65. The normalized spacial score (nSPS) is 12.1. The van der Waals surface area contributed by atoms with E-state index in [9.17, 15) is 4.79 Å². The number of nitrogens with one attached hydrogen (secondary N) is 1. The molecule has 0 aromatic carbocycles. The monoisotopic (exact) mass is 290 g/mol. The van der Waals surface area contributed by atoms with E-state index in [-0.39, 0.29) is 11.8 Å². The summed E-state index contributed by atoms with van der Waals surface area (Å²) in [6.45, 7) is 4.67. The third-order valence-corrected chi connectivity index (χ3v) is 4.08. The summed E-state index contributed by atoms with van der Waals surface area (Å²) in [4.78, 5) is 24.3. The Balaban J connectivity index is 1.72. The smallest absolute Gasteiger partial charge is 0.220 e. The van der Waals surface area contributed by atoms with E-state index >= 15 is 0 Å². The maximum absolute atomic E-state index is 11.8. The van der Waals surface area contributed by atoms with Gasteiger partial charge >= 0.3 is 0 Å². The van der Waals surface area contributed by atoms with E-state index in [0.717, 1.165) is 16.4 Å². The molecule has 2 aromatic rings. The number of amides is 1. The molecule has 1 N–H and O–H groups in total. The number of carbonyl (C=O) groups is 1. The molecule has 0 saturated carbocycles. The highest BCUT2D eigenvalue weighted by atomic mass is 32.1. The summed E-state index contributed by atoms with van der Waals surface area (Å²) in [5, 5.41) is 6.04. The SMILES string of the molecule is Cc1csc(C(C)CNC(=O)CCc2cnccn2)n1. The summed E-state index contributed by atoms with van der Waals surface area (Å²) in [7, 11) is 0. The van der Waals surface area contributed by atoms with Crippen LogP contribution < -0.4 is 5.32 Å². The summed E-state index contributed by atoms with van der Waals surface area (Å²) in [6, 6.07) is 0. The van der Waals surface area contributed by atoms with Gasteiger partial charge in [0.05, 0.1) is 10.7 Å². The van der Waals surface area contributed by atoms with Crippen molar-refractivity contribution in [1.29, 1.82) is 0 Å². The highest BCUT2D eigenvalue weighted by molar-refractivity contribution is 7.09. The van der Waals surface area contributed by atoms with E-state index in [0.29, 0.717) is 19.4 Å². The summed E-state index contributed by atoms with van der Waals surface area (Å²) >= 11 is 1.64. The van der Waals surface area contributed by atoms with E-state index in [4.69, 9.17) is 0 Å². The van der Waals surface area contributed by atoms with Gasteiger partial charge in [-0.1, -0.05) is 6.92 Å². The van der Waals surface area contributed by atoms with E-state index in [1.165, 1.54) is 0 Å². The van der Waals surface area contributed by atoms with Gasteiger partial charge in [0.25, 0.3) is 0 Å². The molecule has 2 rings (SSSR count). The maximum atomic E-state index is 11.8. The lowest BCUT2D eigenvalue weighted by Gasteiger charge is -2.10. The molecular weight excluding hydrogens is 272 g/mol. The molecule has 0 bridgehead atoms. The minimum absolute atomic E-state index is 0.0378. The van der Waals surface area contributed by atoms with Gasteiger partial charge in [0.15, 0.2) is 0 Å². The van der Waals surface area contributed by atoms with Crippen molar-refractivity contribution >= 4 is 17.2 Å². The average molecular weight is 290 g/mol.